The number of benzene rings is 2. The molecule has 0 N–H and O–H groups in total. The van der Waals surface area contributed by atoms with Crippen LogP contribution in [0, 0.1) is 5.41 Å². The Morgan fingerprint density at radius 2 is 1.62 bits per heavy atom. The van der Waals surface area contributed by atoms with E-state index in [1.807, 2.05) is 29.2 Å². The molecule has 1 amide bonds. The number of piperazine rings is 1. The van der Waals surface area contributed by atoms with E-state index in [4.69, 9.17) is 4.74 Å². The molecule has 34 heavy (non-hydrogen) atoms. The predicted octanol–water partition coefficient (Wildman–Crippen LogP) is 4.12. The standard InChI is InChI=1S/C27H35N3O3S/c1-20-15-29(23-9-11-25(12-10-23)34(3)32)16-21(2)30(20)26(31)33-24-13-27(14-24)18-28(19-27)17-22-7-5-4-6-8-22/h4-12,20-21,24H,13-19H2,1-3H3/t20-,21+,34?. The molecule has 0 aromatic heterocycles. The first-order valence-electron chi connectivity index (χ1n) is 12.3. The van der Waals surface area contributed by atoms with E-state index >= 15 is 0 Å². The Morgan fingerprint density at radius 1 is 1.00 bits per heavy atom. The number of likely N-dealkylation sites (tertiary alicyclic amines) is 1. The molecule has 2 aliphatic heterocycles. The molecule has 182 valence electrons. The fourth-order valence-electron chi connectivity index (χ4n) is 6.05. The second-order valence-electron chi connectivity index (χ2n) is 10.5. The molecule has 3 atom stereocenters. The van der Waals surface area contributed by atoms with E-state index in [-0.39, 0.29) is 24.3 Å². The second-order valence-corrected chi connectivity index (χ2v) is 11.9. The highest BCUT2D eigenvalue weighted by molar-refractivity contribution is 7.84. The minimum Gasteiger partial charge on any atom is -0.446 e. The SMILES string of the molecule is C[C@@H]1CN(c2ccc(S(C)=O)cc2)C[C@H](C)N1C(=O)OC1CC2(C1)CN(Cc1ccccc1)C2. The molecule has 6 nitrogen and oxygen atoms in total. The van der Waals surface area contributed by atoms with Gasteiger partial charge < -0.3 is 9.64 Å². The van der Waals surface area contributed by atoms with Crippen LogP contribution in [0.5, 0.6) is 0 Å². The summed E-state index contributed by atoms with van der Waals surface area (Å²) in [6.45, 7) is 8.92. The van der Waals surface area contributed by atoms with Crippen LogP contribution in [0.15, 0.2) is 59.5 Å². The van der Waals surface area contributed by atoms with Crippen LogP contribution in [0.1, 0.15) is 32.3 Å². The minimum absolute atomic E-state index is 0.0475. The van der Waals surface area contributed by atoms with Gasteiger partial charge in [0.2, 0.25) is 0 Å². The van der Waals surface area contributed by atoms with E-state index in [0.29, 0.717) is 5.41 Å². The van der Waals surface area contributed by atoms with Crippen molar-refractivity contribution in [2.45, 2.75) is 56.3 Å². The fraction of sp³-hybridized carbons (Fsp3) is 0.519. The molecule has 2 aromatic carbocycles. The van der Waals surface area contributed by atoms with Crippen molar-refractivity contribution < 1.29 is 13.7 Å². The third-order valence-corrected chi connectivity index (χ3v) is 8.56. The smallest absolute Gasteiger partial charge is 0.410 e. The fourth-order valence-corrected chi connectivity index (χ4v) is 6.57. The highest BCUT2D eigenvalue weighted by atomic mass is 32.2. The van der Waals surface area contributed by atoms with Crippen LogP contribution in [0.2, 0.25) is 0 Å². The van der Waals surface area contributed by atoms with Gasteiger partial charge in [0, 0.05) is 65.8 Å². The molecule has 2 aromatic rings. The lowest BCUT2D eigenvalue weighted by Gasteiger charge is -2.58. The van der Waals surface area contributed by atoms with Crippen LogP contribution in [0.4, 0.5) is 10.5 Å². The summed E-state index contributed by atoms with van der Waals surface area (Å²) in [6.07, 6.45) is 3.54. The van der Waals surface area contributed by atoms with Crippen molar-refractivity contribution in [3.8, 4) is 0 Å². The number of rotatable bonds is 5. The molecule has 1 unspecified atom stereocenters. The van der Waals surface area contributed by atoms with Gasteiger partial charge in [-0.3, -0.25) is 14.0 Å². The predicted molar refractivity (Wildman–Crippen MR) is 135 cm³/mol. The second kappa shape index (κ2) is 9.34. The number of hydrogen-bond acceptors (Lipinski definition) is 5. The number of ether oxygens (including phenoxy) is 1. The summed E-state index contributed by atoms with van der Waals surface area (Å²) in [5.41, 5.74) is 2.81. The van der Waals surface area contributed by atoms with Gasteiger partial charge in [-0.05, 0) is 56.5 Å². The number of amides is 1. The highest BCUT2D eigenvalue weighted by Gasteiger charge is 2.54. The lowest BCUT2D eigenvalue weighted by atomic mass is 9.61. The van der Waals surface area contributed by atoms with E-state index in [0.717, 1.165) is 56.1 Å². The molecule has 7 heteroatoms. The largest absolute Gasteiger partial charge is 0.446 e. The van der Waals surface area contributed by atoms with Gasteiger partial charge in [-0.2, -0.15) is 0 Å². The lowest BCUT2D eigenvalue weighted by molar-refractivity contribution is -0.137. The summed E-state index contributed by atoms with van der Waals surface area (Å²) in [6, 6.07) is 18.6. The molecule has 3 fully saturated rings. The van der Waals surface area contributed by atoms with Gasteiger partial charge in [0.25, 0.3) is 0 Å². The van der Waals surface area contributed by atoms with Gasteiger partial charge in [0.05, 0.1) is 12.1 Å². The van der Waals surface area contributed by atoms with E-state index in [1.54, 1.807) is 6.26 Å². The summed E-state index contributed by atoms with van der Waals surface area (Å²) in [7, 11) is -0.974. The zero-order valence-electron chi connectivity index (χ0n) is 20.4. The van der Waals surface area contributed by atoms with E-state index in [2.05, 4.69) is 54.0 Å². The van der Waals surface area contributed by atoms with Gasteiger partial charge >= 0.3 is 6.09 Å². The summed E-state index contributed by atoms with van der Waals surface area (Å²) in [4.78, 5) is 20.6. The number of nitrogens with zero attached hydrogens (tertiary/aromatic N) is 3. The number of carbonyl (C=O) groups is 1. The van der Waals surface area contributed by atoms with Crippen molar-refractivity contribution in [1.82, 2.24) is 9.80 Å². The summed E-state index contributed by atoms with van der Waals surface area (Å²) in [5.74, 6) is 0. The molecule has 1 saturated carbocycles. The lowest BCUT2D eigenvalue weighted by Crippen LogP contribution is -2.64. The molecule has 2 heterocycles. The first-order chi connectivity index (χ1) is 16.3. The first kappa shape index (κ1) is 23.4. The monoisotopic (exact) mass is 481 g/mol. The Balaban J connectivity index is 1.09. The highest BCUT2D eigenvalue weighted by Crippen LogP contribution is 2.50. The molecule has 5 rings (SSSR count). The Labute approximate surface area is 205 Å². The van der Waals surface area contributed by atoms with Gasteiger partial charge in [-0.25, -0.2) is 4.79 Å². The van der Waals surface area contributed by atoms with Crippen LogP contribution >= 0.6 is 0 Å². The average Bonchev–Trinajstić information content (AvgIpc) is 2.76. The van der Waals surface area contributed by atoms with Crippen molar-refractivity contribution in [3.05, 3.63) is 60.2 Å². The van der Waals surface area contributed by atoms with Crippen molar-refractivity contribution in [3.63, 3.8) is 0 Å². The van der Waals surface area contributed by atoms with E-state index in [9.17, 15) is 9.00 Å². The Hall–Kier alpha value is -2.38. The summed E-state index contributed by atoms with van der Waals surface area (Å²) >= 11 is 0. The summed E-state index contributed by atoms with van der Waals surface area (Å²) in [5, 5.41) is 0. The zero-order chi connectivity index (χ0) is 23.9. The van der Waals surface area contributed by atoms with Gasteiger partial charge in [0.15, 0.2) is 0 Å². The van der Waals surface area contributed by atoms with Gasteiger partial charge in [-0.1, -0.05) is 30.3 Å². The third kappa shape index (κ3) is 4.73. The average molecular weight is 482 g/mol. The molecule has 1 aliphatic carbocycles. The Bertz CT molecular complexity index is 1020. The van der Waals surface area contributed by atoms with Crippen molar-refractivity contribution in [1.29, 1.82) is 0 Å². The quantitative estimate of drug-likeness (QED) is 0.643. The van der Waals surface area contributed by atoms with Crippen LogP contribution in [-0.2, 0) is 22.1 Å². The molecule has 1 spiro atoms. The minimum atomic E-state index is -0.974. The third-order valence-electron chi connectivity index (χ3n) is 7.62. The molecule has 2 saturated heterocycles. The number of hydrogen-bond donors (Lipinski definition) is 0. The Morgan fingerprint density at radius 3 is 2.21 bits per heavy atom. The van der Waals surface area contributed by atoms with Crippen LogP contribution in [-0.4, -0.2) is 70.7 Å². The van der Waals surface area contributed by atoms with Gasteiger partial charge in [0.1, 0.15) is 6.10 Å². The van der Waals surface area contributed by atoms with E-state index < -0.39 is 10.8 Å². The maximum Gasteiger partial charge on any atom is 0.410 e. The molecular weight excluding hydrogens is 446 g/mol. The normalized spacial score (nSPS) is 25.5. The maximum atomic E-state index is 13.0. The topological polar surface area (TPSA) is 53.1 Å². The number of carbonyl (C=O) groups excluding carboxylic acids is 1. The van der Waals surface area contributed by atoms with E-state index in [1.165, 1.54) is 5.56 Å². The summed E-state index contributed by atoms with van der Waals surface area (Å²) < 4.78 is 17.6. The van der Waals surface area contributed by atoms with Crippen molar-refractivity contribution >= 4 is 22.6 Å². The zero-order valence-corrected chi connectivity index (χ0v) is 21.2. The van der Waals surface area contributed by atoms with Crippen LogP contribution in [0.25, 0.3) is 0 Å². The van der Waals surface area contributed by atoms with Gasteiger partial charge in [-0.15, -0.1) is 0 Å². The molecular formula is C27H35N3O3S. The van der Waals surface area contributed by atoms with Crippen LogP contribution in [0.3, 0.4) is 0 Å². The maximum absolute atomic E-state index is 13.0. The molecule has 3 aliphatic rings. The Kier molecular flexibility index (Phi) is 6.42. The van der Waals surface area contributed by atoms with Crippen molar-refractivity contribution in [2.24, 2.45) is 5.41 Å². The van der Waals surface area contributed by atoms with Crippen molar-refractivity contribution in [2.75, 3.05) is 37.3 Å². The van der Waals surface area contributed by atoms with Crippen LogP contribution < -0.4 is 4.90 Å². The number of anilines is 1. The molecule has 0 bridgehead atoms. The molecule has 0 radical (unpaired) electrons. The first-order valence-corrected chi connectivity index (χ1v) is 13.8.